The Morgan fingerprint density at radius 3 is 3.04 bits per heavy atom. The summed E-state index contributed by atoms with van der Waals surface area (Å²) in [6, 6.07) is 0. The van der Waals surface area contributed by atoms with Gasteiger partial charge in [-0.1, -0.05) is 0 Å². The maximum Gasteiger partial charge on any atom is 0.265 e. The van der Waals surface area contributed by atoms with E-state index in [0.717, 1.165) is 19.5 Å². The fraction of sp³-hybridized carbons (Fsp3) is 0.562. The minimum Gasteiger partial charge on any atom is -0.442 e. The van der Waals surface area contributed by atoms with E-state index in [-0.39, 0.29) is 35.0 Å². The van der Waals surface area contributed by atoms with Gasteiger partial charge < -0.3 is 19.6 Å². The van der Waals surface area contributed by atoms with Gasteiger partial charge in [-0.3, -0.25) is 9.59 Å². The normalized spacial score (nSPS) is 17.5. The Balaban J connectivity index is 0.00000208. The number of carbonyl (C=O) groups excluding carboxylic acids is 1. The molecule has 7 nitrogen and oxygen atoms in total. The lowest BCUT2D eigenvalue weighted by Crippen LogP contribution is -2.33. The van der Waals surface area contributed by atoms with Crippen molar-refractivity contribution in [2.45, 2.75) is 26.2 Å². The highest BCUT2D eigenvalue weighted by atomic mass is 35.5. The molecule has 1 atom stereocenters. The highest BCUT2D eigenvalue weighted by Crippen LogP contribution is 2.20. The number of carbonyl (C=O) groups is 1. The fourth-order valence-corrected chi connectivity index (χ4v) is 3.11. The van der Waals surface area contributed by atoms with Gasteiger partial charge in [-0.05, 0) is 45.2 Å². The van der Waals surface area contributed by atoms with Gasteiger partial charge in [0, 0.05) is 13.6 Å². The molecule has 0 saturated carbocycles. The largest absolute Gasteiger partial charge is 0.442 e. The summed E-state index contributed by atoms with van der Waals surface area (Å²) in [6.07, 6.45) is 4.71. The van der Waals surface area contributed by atoms with E-state index >= 15 is 0 Å². The summed E-state index contributed by atoms with van der Waals surface area (Å²) in [6.45, 7) is 4.37. The summed E-state index contributed by atoms with van der Waals surface area (Å²) in [5.74, 6) is 0.753. The Hall–Kier alpha value is -1.86. The van der Waals surface area contributed by atoms with Crippen molar-refractivity contribution in [1.29, 1.82) is 0 Å². The third kappa shape index (κ3) is 3.62. The van der Waals surface area contributed by atoms with E-state index in [1.54, 1.807) is 14.0 Å². The third-order valence-electron chi connectivity index (χ3n) is 4.41. The van der Waals surface area contributed by atoms with Crippen LogP contribution in [0.1, 0.15) is 35.4 Å². The van der Waals surface area contributed by atoms with E-state index in [0.29, 0.717) is 23.8 Å². The highest BCUT2D eigenvalue weighted by Gasteiger charge is 2.22. The van der Waals surface area contributed by atoms with Gasteiger partial charge in [-0.2, -0.15) is 0 Å². The molecule has 0 bridgehead atoms. The van der Waals surface area contributed by atoms with Crippen LogP contribution in [0.4, 0.5) is 0 Å². The molecular weight excluding hydrogens is 332 g/mol. The number of rotatable bonds is 4. The number of nitrogens with one attached hydrogen (secondary N) is 2. The first-order valence-electron chi connectivity index (χ1n) is 8.01. The number of halogens is 1. The minimum absolute atomic E-state index is 0. The summed E-state index contributed by atoms with van der Waals surface area (Å²) in [5.41, 5.74) is 0.246. The Labute approximate surface area is 146 Å². The lowest BCUT2D eigenvalue weighted by molar-refractivity contribution is 0.0950. The van der Waals surface area contributed by atoms with Gasteiger partial charge in [0.2, 0.25) is 5.71 Å². The average Bonchev–Trinajstić information content (AvgIpc) is 2.89. The number of amides is 1. The molecule has 8 heteroatoms. The van der Waals surface area contributed by atoms with Crippen LogP contribution in [0.15, 0.2) is 15.5 Å². The molecule has 0 aliphatic carbocycles. The Kier molecular flexibility index (Phi) is 6.01. The molecule has 1 aliphatic rings. The number of piperidine rings is 1. The quantitative estimate of drug-likeness (QED) is 0.865. The zero-order chi connectivity index (χ0) is 16.4. The molecule has 0 radical (unpaired) electrons. The predicted octanol–water partition coefficient (Wildman–Crippen LogP) is 1.38. The molecule has 2 N–H and O–H groups in total. The second kappa shape index (κ2) is 7.81. The van der Waals surface area contributed by atoms with Gasteiger partial charge in [-0.25, -0.2) is 4.98 Å². The Bertz CT molecular complexity index is 777. The minimum atomic E-state index is -0.270. The van der Waals surface area contributed by atoms with Crippen molar-refractivity contribution in [3.8, 4) is 0 Å². The van der Waals surface area contributed by atoms with E-state index < -0.39 is 0 Å². The van der Waals surface area contributed by atoms with Crippen molar-refractivity contribution >= 4 is 29.4 Å². The third-order valence-corrected chi connectivity index (χ3v) is 4.41. The second-order valence-electron chi connectivity index (χ2n) is 6.13. The number of aromatic nitrogens is 2. The van der Waals surface area contributed by atoms with Crippen LogP contribution in [-0.4, -0.2) is 35.1 Å². The van der Waals surface area contributed by atoms with Gasteiger partial charge in [0.1, 0.15) is 17.5 Å². The summed E-state index contributed by atoms with van der Waals surface area (Å²) >= 11 is 0. The fourth-order valence-electron chi connectivity index (χ4n) is 3.11. The van der Waals surface area contributed by atoms with Crippen LogP contribution in [0.5, 0.6) is 0 Å². The number of fused-ring (bicyclic) bond motifs is 1. The lowest BCUT2D eigenvalue weighted by atomic mass is 9.96. The molecule has 1 saturated heterocycles. The lowest BCUT2D eigenvalue weighted by Gasteiger charge is -2.22. The monoisotopic (exact) mass is 354 g/mol. The molecule has 1 fully saturated rings. The zero-order valence-corrected chi connectivity index (χ0v) is 14.7. The van der Waals surface area contributed by atoms with Gasteiger partial charge in [0.25, 0.3) is 11.5 Å². The molecule has 1 amide bonds. The van der Waals surface area contributed by atoms with Gasteiger partial charge in [0.15, 0.2) is 0 Å². The van der Waals surface area contributed by atoms with E-state index in [1.807, 2.05) is 0 Å². The van der Waals surface area contributed by atoms with Crippen LogP contribution in [-0.2, 0) is 7.05 Å². The zero-order valence-electron chi connectivity index (χ0n) is 13.9. The van der Waals surface area contributed by atoms with Gasteiger partial charge >= 0.3 is 0 Å². The molecule has 1 unspecified atom stereocenters. The molecule has 2 aromatic rings. The second-order valence-corrected chi connectivity index (χ2v) is 6.13. The molecule has 1 aliphatic heterocycles. The Morgan fingerprint density at radius 2 is 2.33 bits per heavy atom. The van der Waals surface area contributed by atoms with Crippen LogP contribution >= 0.6 is 12.4 Å². The maximum absolute atomic E-state index is 12.5. The van der Waals surface area contributed by atoms with Crippen LogP contribution < -0.4 is 16.2 Å². The van der Waals surface area contributed by atoms with Gasteiger partial charge in [0.05, 0.1) is 5.56 Å². The van der Waals surface area contributed by atoms with Crippen LogP contribution in [0, 0.1) is 12.8 Å². The van der Waals surface area contributed by atoms with Crippen molar-refractivity contribution in [3.05, 3.63) is 28.0 Å². The smallest absolute Gasteiger partial charge is 0.265 e. The molecular formula is C16H23ClN4O3. The first-order valence-corrected chi connectivity index (χ1v) is 8.01. The highest BCUT2D eigenvalue weighted by molar-refractivity contribution is 6.06. The molecule has 2 aromatic heterocycles. The van der Waals surface area contributed by atoms with Crippen LogP contribution in [0.25, 0.3) is 11.1 Å². The van der Waals surface area contributed by atoms with Crippen molar-refractivity contribution in [1.82, 2.24) is 20.2 Å². The molecule has 132 valence electrons. The first-order chi connectivity index (χ1) is 11.1. The van der Waals surface area contributed by atoms with Crippen molar-refractivity contribution < 1.29 is 9.21 Å². The van der Waals surface area contributed by atoms with Crippen molar-refractivity contribution in [3.63, 3.8) is 0 Å². The van der Waals surface area contributed by atoms with Crippen molar-refractivity contribution in [2.24, 2.45) is 13.0 Å². The molecule has 0 spiro atoms. The predicted molar refractivity (Wildman–Crippen MR) is 93.8 cm³/mol. The number of hydrogen-bond acceptors (Lipinski definition) is 5. The van der Waals surface area contributed by atoms with Crippen molar-refractivity contribution in [2.75, 3.05) is 19.6 Å². The molecule has 3 rings (SSSR count). The van der Waals surface area contributed by atoms with Gasteiger partial charge in [-0.15, -0.1) is 12.4 Å². The average molecular weight is 355 g/mol. The number of nitrogens with zero attached hydrogens (tertiary/aromatic N) is 2. The number of furan rings is 1. The molecule has 24 heavy (non-hydrogen) atoms. The molecule has 3 heterocycles. The SMILES string of the molecule is Cc1oc2ncn(C)c(=O)c2c1C(=O)NCCC1CCCNC1.Cl. The van der Waals surface area contributed by atoms with E-state index in [9.17, 15) is 9.59 Å². The summed E-state index contributed by atoms with van der Waals surface area (Å²) in [4.78, 5) is 28.8. The maximum atomic E-state index is 12.5. The first kappa shape index (κ1) is 18.5. The molecule has 0 aromatic carbocycles. The number of aryl methyl sites for hydroxylation is 2. The van der Waals surface area contributed by atoms with Crippen LogP contribution in [0.2, 0.25) is 0 Å². The van der Waals surface area contributed by atoms with Crippen LogP contribution in [0.3, 0.4) is 0 Å². The van der Waals surface area contributed by atoms with E-state index in [4.69, 9.17) is 4.42 Å². The van der Waals surface area contributed by atoms with E-state index in [2.05, 4.69) is 15.6 Å². The summed E-state index contributed by atoms with van der Waals surface area (Å²) in [7, 11) is 1.61. The Morgan fingerprint density at radius 1 is 1.54 bits per heavy atom. The summed E-state index contributed by atoms with van der Waals surface area (Å²) < 4.78 is 6.81. The summed E-state index contributed by atoms with van der Waals surface area (Å²) in [5, 5.41) is 6.53. The standard InChI is InChI=1S/C16H22N4O3.ClH/c1-10-12(13-15(23-10)19-9-20(2)16(13)22)14(21)18-7-5-11-4-3-6-17-8-11;/h9,11,17H,3-8H2,1-2H3,(H,18,21);1H. The number of hydrogen-bond donors (Lipinski definition) is 2. The van der Waals surface area contributed by atoms with E-state index in [1.165, 1.54) is 23.7 Å². The topological polar surface area (TPSA) is 89.2 Å².